The fourth-order valence-electron chi connectivity index (χ4n) is 4.15. The van der Waals surface area contributed by atoms with E-state index in [1.807, 2.05) is 0 Å². The molecule has 20 heavy (non-hydrogen) atoms. The highest BCUT2D eigenvalue weighted by molar-refractivity contribution is 4.78. The summed E-state index contributed by atoms with van der Waals surface area (Å²) in [4.78, 5) is 5.35. The van der Waals surface area contributed by atoms with Gasteiger partial charge in [0.15, 0.2) is 0 Å². The van der Waals surface area contributed by atoms with Crippen molar-refractivity contribution in [1.82, 2.24) is 9.80 Å². The molecule has 0 aromatic carbocycles. The van der Waals surface area contributed by atoms with Gasteiger partial charge in [-0.05, 0) is 89.0 Å². The molecule has 0 amide bonds. The molecule has 0 bridgehead atoms. The second kappa shape index (κ2) is 8.38. The van der Waals surface area contributed by atoms with Crippen LogP contribution in [0.3, 0.4) is 0 Å². The average molecular weight is 280 g/mol. The zero-order valence-electron chi connectivity index (χ0n) is 14.1. The van der Waals surface area contributed by atoms with Crippen molar-refractivity contribution in [2.75, 3.05) is 39.3 Å². The predicted octanol–water partition coefficient (Wildman–Crippen LogP) is 3.87. The quantitative estimate of drug-likeness (QED) is 0.729. The molecular weight excluding hydrogens is 244 g/mol. The predicted molar refractivity (Wildman–Crippen MR) is 88.1 cm³/mol. The summed E-state index contributed by atoms with van der Waals surface area (Å²) in [7, 11) is 0. The van der Waals surface area contributed by atoms with Crippen molar-refractivity contribution in [3.05, 3.63) is 0 Å². The van der Waals surface area contributed by atoms with Gasteiger partial charge in [0.1, 0.15) is 0 Å². The van der Waals surface area contributed by atoms with Crippen molar-refractivity contribution in [2.45, 2.75) is 59.3 Å². The summed E-state index contributed by atoms with van der Waals surface area (Å²) in [5, 5.41) is 0. The maximum Gasteiger partial charge on any atom is 0.000439 e. The van der Waals surface area contributed by atoms with Crippen molar-refractivity contribution >= 4 is 0 Å². The van der Waals surface area contributed by atoms with Crippen LogP contribution in [0, 0.1) is 17.8 Å². The van der Waals surface area contributed by atoms with E-state index in [0.29, 0.717) is 0 Å². The fraction of sp³-hybridized carbons (Fsp3) is 1.00. The van der Waals surface area contributed by atoms with Gasteiger partial charge in [-0.25, -0.2) is 0 Å². The Labute approximate surface area is 126 Å². The van der Waals surface area contributed by atoms with Gasteiger partial charge in [-0.2, -0.15) is 0 Å². The van der Waals surface area contributed by atoms with Gasteiger partial charge in [-0.15, -0.1) is 0 Å². The normalized spacial score (nSPS) is 24.6. The van der Waals surface area contributed by atoms with Crippen LogP contribution in [-0.4, -0.2) is 49.1 Å². The van der Waals surface area contributed by atoms with E-state index in [-0.39, 0.29) is 0 Å². The molecule has 2 heterocycles. The minimum atomic E-state index is 0.828. The van der Waals surface area contributed by atoms with Gasteiger partial charge < -0.3 is 9.80 Å². The molecule has 2 saturated heterocycles. The van der Waals surface area contributed by atoms with Gasteiger partial charge in [0.25, 0.3) is 0 Å². The summed E-state index contributed by atoms with van der Waals surface area (Å²) in [5.74, 6) is 2.89. The Hall–Kier alpha value is -0.0800. The topological polar surface area (TPSA) is 6.48 Å². The minimum Gasteiger partial charge on any atom is -0.303 e. The van der Waals surface area contributed by atoms with Gasteiger partial charge in [0, 0.05) is 6.54 Å². The maximum absolute atomic E-state index is 2.69. The first-order valence-electron chi connectivity index (χ1n) is 9.12. The Morgan fingerprint density at radius 3 is 1.80 bits per heavy atom. The first-order valence-corrected chi connectivity index (χ1v) is 9.12. The molecule has 2 rings (SSSR count). The fourth-order valence-corrected chi connectivity index (χ4v) is 4.15. The monoisotopic (exact) mass is 280 g/mol. The van der Waals surface area contributed by atoms with E-state index < -0.39 is 0 Å². The number of likely N-dealkylation sites (tertiary alicyclic amines) is 2. The van der Waals surface area contributed by atoms with Crippen molar-refractivity contribution in [2.24, 2.45) is 17.8 Å². The van der Waals surface area contributed by atoms with E-state index >= 15 is 0 Å². The second-order valence-electron chi connectivity index (χ2n) is 7.66. The molecule has 0 aromatic heterocycles. The summed E-state index contributed by atoms with van der Waals surface area (Å²) in [5.41, 5.74) is 0. The van der Waals surface area contributed by atoms with Crippen molar-refractivity contribution in [3.63, 3.8) is 0 Å². The molecule has 0 unspecified atom stereocenters. The standard InChI is InChI=1S/C18H36N2/c1-4-9-19-10-5-17(6-11-19)14-18-7-12-20(13-8-18)15-16(2)3/h16-18H,4-15H2,1-3H3. The average Bonchev–Trinajstić information content (AvgIpc) is 2.43. The number of hydrogen-bond donors (Lipinski definition) is 0. The number of rotatable bonds is 6. The lowest BCUT2D eigenvalue weighted by atomic mass is 9.82. The van der Waals surface area contributed by atoms with Crippen LogP contribution in [0.2, 0.25) is 0 Å². The molecule has 118 valence electrons. The molecule has 2 nitrogen and oxygen atoms in total. The Bertz CT molecular complexity index is 248. The molecule has 2 aliphatic rings. The van der Waals surface area contributed by atoms with E-state index in [2.05, 4.69) is 30.6 Å². The van der Waals surface area contributed by atoms with Gasteiger partial charge in [0.05, 0.1) is 0 Å². The second-order valence-corrected chi connectivity index (χ2v) is 7.66. The molecule has 0 atom stereocenters. The Morgan fingerprint density at radius 2 is 1.35 bits per heavy atom. The molecule has 0 spiro atoms. The van der Waals surface area contributed by atoms with Gasteiger partial charge in [-0.3, -0.25) is 0 Å². The van der Waals surface area contributed by atoms with E-state index in [9.17, 15) is 0 Å². The molecule has 2 aliphatic heterocycles. The highest BCUT2D eigenvalue weighted by Gasteiger charge is 2.25. The molecule has 0 saturated carbocycles. The summed E-state index contributed by atoms with van der Waals surface area (Å²) < 4.78 is 0. The summed E-state index contributed by atoms with van der Waals surface area (Å²) in [6, 6.07) is 0. The van der Waals surface area contributed by atoms with Crippen molar-refractivity contribution < 1.29 is 0 Å². The largest absolute Gasteiger partial charge is 0.303 e. The molecule has 2 fully saturated rings. The Kier molecular flexibility index (Phi) is 6.83. The molecule has 0 aromatic rings. The van der Waals surface area contributed by atoms with E-state index in [4.69, 9.17) is 0 Å². The lowest BCUT2D eigenvalue weighted by Crippen LogP contribution is -2.38. The lowest BCUT2D eigenvalue weighted by Gasteiger charge is -2.37. The van der Waals surface area contributed by atoms with Gasteiger partial charge in [0.2, 0.25) is 0 Å². The highest BCUT2D eigenvalue weighted by Crippen LogP contribution is 2.30. The van der Waals surface area contributed by atoms with Crippen LogP contribution in [0.25, 0.3) is 0 Å². The zero-order chi connectivity index (χ0) is 14.4. The van der Waals surface area contributed by atoms with Crippen LogP contribution in [0.5, 0.6) is 0 Å². The lowest BCUT2D eigenvalue weighted by molar-refractivity contribution is 0.127. The first-order chi connectivity index (χ1) is 9.67. The Morgan fingerprint density at radius 1 is 0.850 bits per heavy atom. The molecule has 2 heteroatoms. The molecule has 0 N–H and O–H groups in total. The third-order valence-electron chi connectivity index (χ3n) is 5.24. The summed E-state index contributed by atoms with van der Waals surface area (Å²) in [6.07, 6.45) is 8.69. The zero-order valence-corrected chi connectivity index (χ0v) is 14.1. The molecular formula is C18H36N2. The van der Waals surface area contributed by atoms with Crippen LogP contribution in [0.15, 0.2) is 0 Å². The third kappa shape index (κ3) is 5.37. The number of piperidine rings is 2. The maximum atomic E-state index is 2.69. The number of nitrogens with zero attached hydrogens (tertiary/aromatic N) is 2. The van der Waals surface area contributed by atoms with E-state index in [0.717, 1.165) is 17.8 Å². The van der Waals surface area contributed by atoms with Gasteiger partial charge in [-0.1, -0.05) is 20.8 Å². The SMILES string of the molecule is CCCN1CCC(CC2CCN(CC(C)C)CC2)CC1. The van der Waals surface area contributed by atoms with Crippen molar-refractivity contribution in [3.8, 4) is 0 Å². The van der Waals surface area contributed by atoms with Crippen LogP contribution in [0.1, 0.15) is 59.3 Å². The van der Waals surface area contributed by atoms with Crippen LogP contribution in [0.4, 0.5) is 0 Å². The summed E-state index contributed by atoms with van der Waals surface area (Å²) in [6.45, 7) is 15.1. The Balaban J connectivity index is 1.61. The van der Waals surface area contributed by atoms with E-state index in [1.54, 1.807) is 0 Å². The first kappa shape index (κ1) is 16.3. The molecule has 0 aliphatic carbocycles. The summed E-state index contributed by atoms with van der Waals surface area (Å²) >= 11 is 0. The van der Waals surface area contributed by atoms with Crippen LogP contribution in [-0.2, 0) is 0 Å². The number of hydrogen-bond acceptors (Lipinski definition) is 2. The van der Waals surface area contributed by atoms with Gasteiger partial charge >= 0.3 is 0 Å². The highest BCUT2D eigenvalue weighted by atomic mass is 15.1. The van der Waals surface area contributed by atoms with Crippen LogP contribution < -0.4 is 0 Å². The smallest absolute Gasteiger partial charge is 0.000439 e. The molecule has 0 radical (unpaired) electrons. The van der Waals surface area contributed by atoms with E-state index in [1.165, 1.54) is 77.8 Å². The third-order valence-corrected chi connectivity index (χ3v) is 5.24. The van der Waals surface area contributed by atoms with Crippen LogP contribution >= 0.6 is 0 Å². The minimum absolute atomic E-state index is 0.828. The van der Waals surface area contributed by atoms with Crippen molar-refractivity contribution in [1.29, 1.82) is 0 Å².